The van der Waals surface area contributed by atoms with Crippen LogP contribution in [0.15, 0.2) is 18.3 Å². The summed E-state index contributed by atoms with van der Waals surface area (Å²) in [7, 11) is -3.76. The first kappa shape index (κ1) is 22.0. The number of hydrogen-bond acceptors (Lipinski definition) is 5. The molecule has 10 heteroatoms. The van der Waals surface area contributed by atoms with E-state index in [-0.39, 0.29) is 18.5 Å². The van der Waals surface area contributed by atoms with Crippen LogP contribution in [0.1, 0.15) is 61.1 Å². The molecule has 2 aromatic heterocycles. The third-order valence-electron chi connectivity index (χ3n) is 6.28. The zero-order valence-corrected chi connectivity index (χ0v) is 18.7. The van der Waals surface area contributed by atoms with Gasteiger partial charge >= 0.3 is 0 Å². The Morgan fingerprint density at radius 2 is 2.03 bits per heavy atom. The Labute approximate surface area is 183 Å². The van der Waals surface area contributed by atoms with Gasteiger partial charge in [0.05, 0.1) is 12.3 Å². The number of fused-ring (bicyclic) bond motifs is 1. The van der Waals surface area contributed by atoms with Crippen molar-refractivity contribution in [2.24, 2.45) is 11.1 Å². The van der Waals surface area contributed by atoms with Crippen LogP contribution < -0.4 is 15.2 Å². The van der Waals surface area contributed by atoms with E-state index in [0.29, 0.717) is 54.7 Å². The van der Waals surface area contributed by atoms with Crippen LogP contribution in [0.4, 0.5) is 0 Å². The Hall–Kier alpha value is -2.17. The van der Waals surface area contributed by atoms with Crippen LogP contribution in [-0.2, 0) is 10.2 Å². The number of amides is 1. The van der Waals surface area contributed by atoms with Crippen LogP contribution >= 0.6 is 0 Å². The maximum absolute atomic E-state index is 13.1. The van der Waals surface area contributed by atoms with Crippen molar-refractivity contribution in [1.82, 2.24) is 19.0 Å². The minimum Gasteiger partial charge on any atom is -0.489 e. The van der Waals surface area contributed by atoms with Gasteiger partial charge in [0.25, 0.3) is 16.1 Å². The highest BCUT2D eigenvalue weighted by atomic mass is 32.2. The van der Waals surface area contributed by atoms with E-state index < -0.39 is 10.2 Å². The number of ether oxygens (including phenoxy) is 1. The lowest BCUT2D eigenvalue weighted by molar-refractivity contribution is 0.0914. The van der Waals surface area contributed by atoms with Crippen LogP contribution in [0.3, 0.4) is 0 Å². The van der Waals surface area contributed by atoms with Crippen molar-refractivity contribution in [3.63, 3.8) is 0 Å². The molecule has 0 spiro atoms. The number of pyridine rings is 1. The zero-order valence-electron chi connectivity index (χ0n) is 17.9. The molecule has 4 rings (SSSR count). The van der Waals surface area contributed by atoms with Crippen LogP contribution in [0, 0.1) is 12.8 Å². The van der Waals surface area contributed by atoms with Gasteiger partial charge < -0.3 is 10.1 Å². The molecule has 1 saturated heterocycles. The van der Waals surface area contributed by atoms with Crippen molar-refractivity contribution in [2.45, 2.75) is 57.9 Å². The van der Waals surface area contributed by atoms with Gasteiger partial charge in [-0.25, -0.2) is 10.1 Å². The molecule has 170 valence electrons. The molecular formula is C21H31N5O4S. The first-order chi connectivity index (χ1) is 14.8. The SMILES string of the molecule is Cc1nc2c(OCC3CCCCC3)cccn2c1C(=O)N[C@H]1CCCN(S(N)(=O)=O)C1. The number of hydrogen-bond donors (Lipinski definition) is 2. The standard InChI is InChI=1S/C21H31N5O4S/c1-15-19(21(27)24-17-9-5-11-25(13-17)31(22,28)29)26-12-6-10-18(20(26)23-15)30-14-16-7-3-2-4-8-16/h6,10,12,16-17H,2-5,7-9,11,13-14H2,1H3,(H,24,27)(H2,22,28,29)/t17-/m0/s1. The van der Waals surface area contributed by atoms with Gasteiger partial charge in [0.2, 0.25) is 0 Å². The van der Waals surface area contributed by atoms with Gasteiger partial charge in [-0.2, -0.15) is 12.7 Å². The van der Waals surface area contributed by atoms with Gasteiger partial charge in [0.1, 0.15) is 5.69 Å². The highest BCUT2D eigenvalue weighted by molar-refractivity contribution is 7.86. The summed E-state index contributed by atoms with van der Waals surface area (Å²) >= 11 is 0. The average molecular weight is 450 g/mol. The average Bonchev–Trinajstić information content (AvgIpc) is 3.09. The molecule has 0 unspecified atom stereocenters. The molecule has 3 heterocycles. The molecule has 0 radical (unpaired) electrons. The fourth-order valence-electron chi connectivity index (χ4n) is 4.65. The molecule has 31 heavy (non-hydrogen) atoms. The lowest BCUT2D eigenvalue weighted by Gasteiger charge is -2.30. The van der Waals surface area contributed by atoms with E-state index in [1.807, 2.05) is 12.1 Å². The Kier molecular flexibility index (Phi) is 6.49. The zero-order chi connectivity index (χ0) is 22.0. The number of imidazole rings is 1. The summed E-state index contributed by atoms with van der Waals surface area (Å²) in [6.45, 7) is 3.01. The van der Waals surface area contributed by atoms with E-state index in [9.17, 15) is 13.2 Å². The smallest absolute Gasteiger partial charge is 0.276 e. The summed E-state index contributed by atoms with van der Waals surface area (Å²) in [5, 5.41) is 8.21. The van der Waals surface area contributed by atoms with Crippen molar-refractivity contribution >= 4 is 21.8 Å². The molecule has 1 atom stereocenters. The number of aryl methyl sites for hydroxylation is 1. The molecule has 2 aromatic rings. The maximum atomic E-state index is 13.1. The molecule has 1 saturated carbocycles. The van der Waals surface area contributed by atoms with E-state index >= 15 is 0 Å². The number of nitrogens with zero attached hydrogens (tertiary/aromatic N) is 3. The van der Waals surface area contributed by atoms with Crippen molar-refractivity contribution in [2.75, 3.05) is 19.7 Å². The van der Waals surface area contributed by atoms with Crippen molar-refractivity contribution < 1.29 is 17.9 Å². The summed E-state index contributed by atoms with van der Waals surface area (Å²) in [6, 6.07) is 3.44. The summed E-state index contributed by atoms with van der Waals surface area (Å²) in [5.41, 5.74) is 1.66. The molecule has 2 fully saturated rings. The van der Waals surface area contributed by atoms with Gasteiger partial charge in [-0.15, -0.1) is 0 Å². The first-order valence-corrected chi connectivity index (χ1v) is 12.5. The van der Waals surface area contributed by atoms with Gasteiger partial charge in [0, 0.05) is 25.3 Å². The second-order valence-electron chi connectivity index (χ2n) is 8.64. The summed E-state index contributed by atoms with van der Waals surface area (Å²) < 4.78 is 32.4. The molecule has 3 N–H and O–H groups in total. The number of rotatable bonds is 6. The van der Waals surface area contributed by atoms with Crippen LogP contribution in [0.25, 0.3) is 5.65 Å². The quantitative estimate of drug-likeness (QED) is 0.699. The van der Waals surface area contributed by atoms with E-state index in [2.05, 4.69) is 10.3 Å². The minimum absolute atomic E-state index is 0.177. The van der Waals surface area contributed by atoms with Gasteiger partial charge in [-0.1, -0.05) is 19.3 Å². The maximum Gasteiger partial charge on any atom is 0.276 e. The molecule has 2 aliphatic rings. The van der Waals surface area contributed by atoms with Crippen molar-refractivity contribution in [3.05, 3.63) is 29.7 Å². The Balaban J connectivity index is 1.49. The number of nitrogens with two attached hydrogens (primary N) is 1. The summed E-state index contributed by atoms with van der Waals surface area (Å²) in [5.74, 6) is 0.963. The lowest BCUT2D eigenvalue weighted by Crippen LogP contribution is -2.51. The Morgan fingerprint density at radius 3 is 2.77 bits per heavy atom. The van der Waals surface area contributed by atoms with E-state index in [0.717, 1.165) is 0 Å². The molecule has 1 aliphatic heterocycles. The predicted molar refractivity (Wildman–Crippen MR) is 117 cm³/mol. The normalized spacial score (nSPS) is 21.3. The topological polar surface area (TPSA) is 119 Å². The molecule has 1 aliphatic carbocycles. The molecular weight excluding hydrogens is 418 g/mol. The highest BCUT2D eigenvalue weighted by Crippen LogP contribution is 2.27. The van der Waals surface area contributed by atoms with E-state index in [4.69, 9.17) is 9.88 Å². The molecule has 1 amide bonds. The number of carbonyl (C=O) groups is 1. The van der Waals surface area contributed by atoms with Gasteiger partial charge in [-0.3, -0.25) is 9.20 Å². The second kappa shape index (κ2) is 9.13. The highest BCUT2D eigenvalue weighted by Gasteiger charge is 2.29. The van der Waals surface area contributed by atoms with Crippen molar-refractivity contribution in [3.8, 4) is 5.75 Å². The predicted octanol–water partition coefficient (Wildman–Crippen LogP) is 2.00. The number of aromatic nitrogens is 2. The van der Waals surface area contributed by atoms with Crippen LogP contribution in [0.2, 0.25) is 0 Å². The summed E-state index contributed by atoms with van der Waals surface area (Å²) in [6.07, 6.45) is 9.36. The molecule has 0 aromatic carbocycles. The fourth-order valence-corrected chi connectivity index (χ4v) is 5.42. The minimum atomic E-state index is -3.76. The Morgan fingerprint density at radius 1 is 1.26 bits per heavy atom. The fraction of sp³-hybridized carbons (Fsp3) is 0.619. The van der Waals surface area contributed by atoms with Crippen LogP contribution in [0.5, 0.6) is 5.75 Å². The van der Waals surface area contributed by atoms with Crippen molar-refractivity contribution in [1.29, 1.82) is 0 Å². The van der Waals surface area contributed by atoms with E-state index in [1.54, 1.807) is 17.5 Å². The van der Waals surface area contributed by atoms with Crippen LogP contribution in [-0.4, -0.2) is 53.8 Å². The monoisotopic (exact) mass is 449 g/mol. The largest absolute Gasteiger partial charge is 0.489 e. The third-order valence-corrected chi connectivity index (χ3v) is 7.33. The lowest BCUT2D eigenvalue weighted by atomic mass is 9.90. The van der Waals surface area contributed by atoms with Gasteiger partial charge in [-0.05, 0) is 50.7 Å². The molecule has 0 bridgehead atoms. The summed E-state index contributed by atoms with van der Waals surface area (Å²) in [4.78, 5) is 17.7. The second-order valence-corrected chi connectivity index (χ2v) is 10.2. The molecule has 9 nitrogen and oxygen atoms in total. The van der Waals surface area contributed by atoms with Gasteiger partial charge in [0.15, 0.2) is 11.4 Å². The van der Waals surface area contributed by atoms with E-state index in [1.165, 1.54) is 36.4 Å². The third kappa shape index (κ3) is 5.02. The number of nitrogens with one attached hydrogen (secondary N) is 1. The number of piperidine rings is 1. The number of carbonyl (C=O) groups excluding carboxylic acids is 1. The Bertz CT molecular complexity index is 1050. The first-order valence-electron chi connectivity index (χ1n) is 11.0.